The predicted molar refractivity (Wildman–Crippen MR) is 151 cm³/mol. The fraction of sp³-hybridized carbons (Fsp3) is 0.500. The molecule has 7 rings (SSSR count). The van der Waals surface area contributed by atoms with Gasteiger partial charge in [-0.05, 0) is 73.1 Å². The molecule has 3 aromatic rings. The number of hydrogen-bond acceptors (Lipinski definition) is 6. The molecule has 224 valence electrons. The summed E-state index contributed by atoms with van der Waals surface area (Å²) in [5.74, 6) is 0.273. The summed E-state index contributed by atoms with van der Waals surface area (Å²) in [6, 6.07) is 12.7. The molecule has 4 aliphatic rings. The minimum Gasteiger partial charge on any atom is -0.374 e. The quantitative estimate of drug-likeness (QED) is 0.394. The van der Waals surface area contributed by atoms with E-state index in [0.717, 1.165) is 37.2 Å². The number of rotatable bonds is 6. The average Bonchev–Trinajstić information content (AvgIpc) is 3.62. The molecule has 8 nitrogen and oxygen atoms in total. The zero-order valence-electron chi connectivity index (χ0n) is 24.0. The second-order valence-corrected chi connectivity index (χ2v) is 12.6. The number of hydrogen-bond donors (Lipinski definition) is 0. The lowest BCUT2D eigenvalue weighted by Crippen LogP contribution is -2.43. The van der Waals surface area contributed by atoms with E-state index >= 15 is 0 Å². The standard InChI is InChI=1S/C32H33F3N6O2/c1-39-19-37-38-29(39)14-31(12-21(13-31)15-36)22-3-2-4-23(11-22)41-18-27-26(30(41)42)9-20(10-28(27)32(33,34)35)16-40-8-7-24-5-6-25(17-40)43-24/h2-4,9-11,19,21,24-25H,5-8,12-14,16-18H2,1H3. The second kappa shape index (κ2) is 10.5. The van der Waals surface area contributed by atoms with Gasteiger partial charge < -0.3 is 14.2 Å². The van der Waals surface area contributed by atoms with Crippen LogP contribution in [0.15, 0.2) is 42.7 Å². The number of nitriles is 1. The van der Waals surface area contributed by atoms with Gasteiger partial charge in [0.1, 0.15) is 12.2 Å². The highest BCUT2D eigenvalue weighted by atomic mass is 19.4. The van der Waals surface area contributed by atoms with E-state index in [1.54, 1.807) is 18.5 Å². The van der Waals surface area contributed by atoms with E-state index in [1.807, 2.05) is 29.8 Å². The summed E-state index contributed by atoms with van der Waals surface area (Å²) in [5, 5.41) is 17.8. The molecule has 11 heteroatoms. The molecule has 2 atom stereocenters. The monoisotopic (exact) mass is 590 g/mol. The molecule has 1 amide bonds. The first-order chi connectivity index (χ1) is 20.6. The van der Waals surface area contributed by atoms with E-state index in [4.69, 9.17) is 4.74 Å². The lowest BCUT2D eigenvalue weighted by atomic mass is 9.57. The fourth-order valence-corrected chi connectivity index (χ4v) is 7.49. The Morgan fingerprint density at radius 2 is 1.95 bits per heavy atom. The van der Waals surface area contributed by atoms with E-state index in [2.05, 4.69) is 21.2 Å². The topological polar surface area (TPSA) is 87.3 Å². The maximum atomic E-state index is 14.4. The number of amides is 1. The summed E-state index contributed by atoms with van der Waals surface area (Å²) in [7, 11) is 1.87. The first-order valence-electron chi connectivity index (χ1n) is 14.9. The van der Waals surface area contributed by atoms with Gasteiger partial charge in [0, 0.05) is 55.7 Å². The van der Waals surface area contributed by atoms with Gasteiger partial charge in [-0.3, -0.25) is 9.69 Å². The van der Waals surface area contributed by atoms with E-state index in [9.17, 15) is 23.2 Å². The summed E-state index contributed by atoms with van der Waals surface area (Å²) in [4.78, 5) is 17.4. The smallest absolute Gasteiger partial charge is 0.374 e. The lowest BCUT2D eigenvalue weighted by molar-refractivity contribution is -0.138. The van der Waals surface area contributed by atoms with Crippen molar-refractivity contribution < 1.29 is 22.7 Å². The molecular weight excluding hydrogens is 557 g/mol. The van der Waals surface area contributed by atoms with E-state index in [-0.39, 0.29) is 41.2 Å². The molecule has 3 fully saturated rings. The van der Waals surface area contributed by atoms with Gasteiger partial charge in [-0.2, -0.15) is 18.4 Å². The number of carbonyl (C=O) groups excluding carboxylic acids is 1. The first kappa shape index (κ1) is 28.0. The van der Waals surface area contributed by atoms with Gasteiger partial charge >= 0.3 is 6.18 Å². The number of fused-ring (bicyclic) bond motifs is 3. The van der Waals surface area contributed by atoms with Crippen LogP contribution in [0.4, 0.5) is 18.9 Å². The number of anilines is 1. The van der Waals surface area contributed by atoms with Crippen LogP contribution >= 0.6 is 0 Å². The maximum absolute atomic E-state index is 14.4. The molecule has 2 aromatic carbocycles. The highest BCUT2D eigenvalue weighted by Gasteiger charge is 2.47. The van der Waals surface area contributed by atoms with E-state index in [0.29, 0.717) is 43.6 Å². The zero-order valence-corrected chi connectivity index (χ0v) is 24.0. The molecule has 0 N–H and O–H groups in total. The van der Waals surface area contributed by atoms with Gasteiger partial charge in [-0.25, -0.2) is 0 Å². The van der Waals surface area contributed by atoms with Crippen LogP contribution in [0.3, 0.4) is 0 Å². The number of alkyl halides is 3. The third-order valence-corrected chi connectivity index (χ3v) is 9.77. The molecule has 2 bridgehead atoms. The van der Waals surface area contributed by atoms with Gasteiger partial charge in [0.15, 0.2) is 0 Å². The molecule has 4 heterocycles. The highest BCUT2D eigenvalue weighted by molar-refractivity contribution is 6.10. The molecule has 2 saturated heterocycles. The Labute approximate surface area is 248 Å². The van der Waals surface area contributed by atoms with Gasteiger partial charge in [-0.1, -0.05) is 12.1 Å². The minimum atomic E-state index is -4.59. The molecule has 3 aliphatic heterocycles. The molecule has 2 unspecified atom stereocenters. The number of likely N-dealkylation sites (tertiary alicyclic amines) is 1. The van der Waals surface area contributed by atoms with Gasteiger partial charge in [0.25, 0.3) is 5.91 Å². The molecule has 1 saturated carbocycles. The van der Waals surface area contributed by atoms with Crippen LogP contribution in [0.1, 0.15) is 70.5 Å². The second-order valence-electron chi connectivity index (χ2n) is 12.6. The third-order valence-electron chi connectivity index (χ3n) is 9.77. The Morgan fingerprint density at radius 1 is 1.14 bits per heavy atom. The summed E-state index contributed by atoms with van der Waals surface area (Å²) in [6.45, 7) is 1.64. The van der Waals surface area contributed by atoms with Crippen LogP contribution in [0.5, 0.6) is 0 Å². The Balaban J connectivity index is 1.18. The van der Waals surface area contributed by atoms with E-state index in [1.165, 1.54) is 11.0 Å². The van der Waals surface area contributed by atoms with Gasteiger partial charge in [0.2, 0.25) is 0 Å². The van der Waals surface area contributed by atoms with Crippen molar-refractivity contribution in [2.75, 3.05) is 18.0 Å². The highest BCUT2D eigenvalue weighted by Crippen LogP contribution is 2.50. The number of benzene rings is 2. The normalized spacial score (nSPS) is 27.1. The number of halogens is 3. The Bertz CT molecular complexity index is 1600. The van der Waals surface area contributed by atoms with Gasteiger partial charge in [-0.15, -0.1) is 10.2 Å². The predicted octanol–water partition coefficient (Wildman–Crippen LogP) is 5.16. The largest absolute Gasteiger partial charge is 0.416 e. The number of ether oxygens (including phenoxy) is 1. The SMILES string of the molecule is Cn1cnnc1CC1(c2cccc(N3Cc4c(cc(CN5CCC6CCC(C5)O6)cc4C(F)(F)F)C3=O)c2)CC(C#N)C1. The third kappa shape index (κ3) is 5.10. The molecule has 0 radical (unpaired) electrons. The van der Waals surface area contributed by atoms with E-state index < -0.39 is 17.6 Å². The van der Waals surface area contributed by atoms with Crippen LogP contribution in [0.25, 0.3) is 0 Å². The summed E-state index contributed by atoms with van der Waals surface area (Å²) >= 11 is 0. The summed E-state index contributed by atoms with van der Waals surface area (Å²) in [5.41, 5.74) is 1.01. The fourth-order valence-electron chi connectivity index (χ4n) is 7.49. The average molecular weight is 591 g/mol. The molecule has 1 aromatic heterocycles. The Hall–Kier alpha value is -3.75. The molecule has 43 heavy (non-hydrogen) atoms. The van der Waals surface area contributed by atoms with Crippen LogP contribution in [0, 0.1) is 17.2 Å². The minimum absolute atomic E-state index is 0.0203. The van der Waals surface area contributed by atoms with Crippen molar-refractivity contribution in [2.45, 2.75) is 75.4 Å². The van der Waals surface area contributed by atoms with Crippen molar-refractivity contribution in [2.24, 2.45) is 13.0 Å². The summed E-state index contributed by atoms with van der Waals surface area (Å²) in [6.07, 6.45) is 2.13. The van der Waals surface area contributed by atoms with Crippen LogP contribution in [-0.4, -0.2) is 50.9 Å². The zero-order chi connectivity index (χ0) is 29.9. The van der Waals surface area contributed by atoms with Crippen LogP contribution in [0.2, 0.25) is 0 Å². The number of carbonyl (C=O) groups is 1. The van der Waals surface area contributed by atoms with Crippen molar-refractivity contribution in [1.29, 1.82) is 5.26 Å². The Morgan fingerprint density at radius 3 is 2.70 bits per heavy atom. The van der Waals surface area contributed by atoms with Crippen molar-refractivity contribution in [1.82, 2.24) is 19.7 Å². The Kier molecular flexibility index (Phi) is 6.82. The first-order valence-corrected chi connectivity index (χ1v) is 14.9. The van der Waals surface area contributed by atoms with Crippen molar-refractivity contribution in [3.05, 3.63) is 76.4 Å². The lowest BCUT2D eigenvalue weighted by Gasteiger charge is -2.45. The molecular formula is C32H33F3N6O2. The molecule has 0 spiro atoms. The van der Waals surface area contributed by atoms with Crippen molar-refractivity contribution in [3.63, 3.8) is 0 Å². The van der Waals surface area contributed by atoms with Crippen molar-refractivity contribution >= 4 is 11.6 Å². The van der Waals surface area contributed by atoms with Crippen LogP contribution < -0.4 is 4.90 Å². The maximum Gasteiger partial charge on any atom is 0.416 e. The van der Waals surface area contributed by atoms with Crippen LogP contribution in [-0.2, 0) is 42.9 Å². The van der Waals surface area contributed by atoms with Crippen molar-refractivity contribution in [3.8, 4) is 6.07 Å². The summed E-state index contributed by atoms with van der Waals surface area (Å²) < 4.78 is 51.1. The number of nitrogens with zero attached hydrogens (tertiary/aromatic N) is 6. The van der Waals surface area contributed by atoms with Gasteiger partial charge in [0.05, 0.1) is 30.4 Å². The molecule has 1 aliphatic carbocycles. The number of aromatic nitrogens is 3. The number of aryl methyl sites for hydroxylation is 1.